The summed E-state index contributed by atoms with van der Waals surface area (Å²) < 4.78 is 7.02. The zero-order chi connectivity index (χ0) is 26.9. The van der Waals surface area contributed by atoms with Gasteiger partial charge < -0.3 is 15.0 Å². The Balaban J connectivity index is 1.63. The van der Waals surface area contributed by atoms with Crippen LogP contribution < -0.4 is 10.1 Å². The molecule has 0 bridgehead atoms. The van der Waals surface area contributed by atoms with Crippen molar-refractivity contribution < 1.29 is 14.3 Å². The van der Waals surface area contributed by atoms with E-state index >= 15 is 0 Å². The Morgan fingerprint density at radius 3 is 2.26 bits per heavy atom. The van der Waals surface area contributed by atoms with Gasteiger partial charge in [-0.15, -0.1) is 0 Å². The second kappa shape index (κ2) is 13.2. The smallest absolute Gasteiger partial charge is 0.261 e. The average molecular weight is 574 g/mol. The fourth-order valence-corrected chi connectivity index (χ4v) is 4.57. The van der Waals surface area contributed by atoms with Gasteiger partial charge in [-0.25, -0.2) is 0 Å². The van der Waals surface area contributed by atoms with Crippen LogP contribution in [-0.4, -0.2) is 35.9 Å². The largest absolute Gasteiger partial charge is 0.483 e. The topological polar surface area (TPSA) is 58.6 Å². The number of rotatable bonds is 11. The van der Waals surface area contributed by atoms with E-state index in [2.05, 4.69) is 35.1 Å². The Morgan fingerprint density at radius 2 is 1.53 bits per heavy atom. The maximum Gasteiger partial charge on any atom is 0.261 e. The molecule has 0 aliphatic heterocycles. The number of benzene rings is 4. The van der Waals surface area contributed by atoms with Crippen LogP contribution >= 0.6 is 15.9 Å². The van der Waals surface area contributed by atoms with E-state index in [0.717, 1.165) is 26.4 Å². The molecule has 0 aromatic heterocycles. The number of hydrogen-bond donors (Lipinski definition) is 1. The van der Waals surface area contributed by atoms with Crippen molar-refractivity contribution in [2.45, 2.75) is 32.9 Å². The monoisotopic (exact) mass is 572 g/mol. The number of ether oxygens (including phenoxy) is 1. The zero-order valence-electron chi connectivity index (χ0n) is 21.8. The van der Waals surface area contributed by atoms with Gasteiger partial charge in [0.15, 0.2) is 6.61 Å². The standard InChI is InChI=1S/C32H33BrN2O3/c1-23(2)20-34-32(37)29(19-24-9-4-3-5-10-24)35(21-25-15-17-27(33)18-16-25)31(36)22-38-30-14-8-12-26-11-6-7-13-28(26)30/h3-18,23,29H,19-22H2,1-2H3,(H,34,37)/t29-/m1/s1. The number of nitrogens with one attached hydrogen (secondary N) is 1. The Morgan fingerprint density at radius 1 is 0.842 bits per heavy atom. The maximum absolute atomic E-state index is 13.8. The number of fused-ring (bicyclic) bond motifs is 1. The van der Waals surface area contributed by atoms with Gasteiger partial charge in [-0.3, -0.25) is 9.59 Å². The van der Waals surface area contributed by atoms with Crippen LogP contribution in [0.4, 0.5) is 0 Å². The lowest BCUT2D eigenvalue weighted by Crippen LogP contribution is -2.52. The molecule has 0 heterocycles. The Kier molecular flexibility index (Phi) is 9.55. The molecule has 5 nitrogen and oxygen atoms in total. The van der Waals surface area contributed by atoms with Crippen LogP contribution in [-0.2, 0) is 22.6 Å². The zero-order valence-corrected chi connectivity index (χ0v) is 23.4. The third-order valence-electron chi connectivity index (χ3n) is 6.32. The van der Waals surface area contributed by atoms with Crippen LogP contribution in [0.15, 0.2) is 102 Å². The van der Waals surface area contributed by atoms with Crippen LogP contribution in [0.3, 0.4) is 0 Å². The number of carbonyl (C=O) groups is 2. The SMILES string of the molecule is CC(C)CNC(=O)[C@@H](Cc1ccccc1)N(Cc1ccc(Br)cc1)C(=O)COc1cccc2ccccc12. The molecule has 0 aliphatic carbocycles. The molecular formula is C32H33BrN2O3. The summed E-state index contributed by atoms with van der Waals surface area (Å²) in [7, 11) is 0. The molecule has 0 aliphatic rings. The van der Waals surface area contributed by atoms with Gasteiger partial charge >= 0.3 is 0 Å². The van der Waals surface area contributed by atoms with Crippen LogP contribution in [0.2, 0.25) is 0 Å². The molecule has 0 fully saturated rings. The second-order valence-electron chi connectivity index (χ2n) is 9.76. The van der Waals surface area contributed by atoms with Gasteiger partial charge in [-0.1, -0.05) is 109 Å². The van der Waals surface area contributed by atoms with Crippen molar-refractivity contribution in [3.63, 3.8) is 0 Å². The lowest BCUT2D eigenvalue weighted by atomic mass is 10.0. The van der Waals surface area contributed by atoms with E-state index in [1.54, 1.807) is 4.90 Å². The van der Waals surface area contributed by atoms with Gasteiger partial charge in [-0.05, 0) is 40.6 Å². The van der Waals surface area contributed by atoms with Gasteiger partial charge in [0.1, 0.15) is 11.8 Å². The molecular weight excluding hydrogens is 540 g/mol. The lowest BCUT2D eigenvalue weighted by molar-refractivity contribution is -0.142. The minimum Gasteiger partial charge on any atom is -0.483 e. The number of amides is 2. The van der Waals surface area contributed by atoms with Crippen LogP contribution in [0.25, 0.3) is 10.8 Å². The van der Waals surface area contributed by atoms with Gasteiger partial charge in [0, 0.05) is 29.4 Å². The highest BCUT2D eigenvalue weighted by atomic mass is 79.9. The third-order valence-corrected chi connectivity index (χ3v) is 6.85. The molecule has 196 valence electrons. The predicted molar refractivity (Wildman–Crippen MR) is 156 cm³/mol. The first-order chi connectivity index (χ1) is 18.4. The molecule has 0 saturated heterocycles. The first-order valence-electron chi connectivity index (χ1n) is 12.9. The molecule has 1 atom stereocenters. The summed E-state index contributed by atoms with van der Waals surface area (Å²) in [6.07, 6.45) is 0.404. The third kappa shape index (κ3) is 7.45. The number of halogens is 1. The number of carbonyl (C=O) groups excluding carboxylic acids is 2. The Labute approximate surface area is 232 Å². The molecule has 0 spiro atoms. The quantitative estimate of drug-likeness (QED) is 0.226. The van der Waals surface area contributed by atoms with Gasteiger partial charge in [0.25, 0.3) is 5.91 Å². The van der Waals surface area contributed by atoms with Crippen LogP contribution in [0.1, 0.15) is 25.0 Å². The molecule has 2 amide bonds. The normalized spacial score (nSPS) is 11.8. The van der Waals surface area contributed by atoms with Crippen molar-refractivity contribution in [3.05, 3.63) is 113 Å². The number of hydrogen-bond acceptors (Lipinski definition) is 3. The summed E-state index contributed by atoms with van der Waals surface area (Å²) in [6, 6.07) is 30.6. The van der Waals surface area contributed by atoms with E-state index in [1.807, 2.05) is 97.1 Å². The molecule has 6 heteroatoms. The molecule has 0 saturated carbocycles. The maximum atomic E-state index is 13.8. The fraction of sp³-hybridized carbons (Fsp3) is 0.250. The summed E-state index contributed by atoms with van der Waals surface area (Å²) in [5.74, 6) is 0.519. The highest BCUT2D eigenvalue weighted by Gasteiger charge is 2.30. The Bertz CT molecular complexity index is 1350. The Hall–Kier alpha value is -3.64. The molecule has 4 rings (SSSR count). The van der Waals surface area contributed by atoms with Crippen molar-refractivity contribution in [1.29, 1.82) is 0 Å². The molecule has 1 N–H and O–H groups in total. The summed E-state index contributed by atoms with van der Waals surface area (Å²) in [4.78, 5) is 29.0. The van der Waals surface area contributed by atoms with Crippen molar-refractivity contribution in [2.24, 2.45) is 5.92 Å². The van der Waals surface area contributed by atoms with E-state index < -0.39 is 6.04 Å². The first-order valence-corrected chi connectivity index (χ1v) is 13.7. The first kappa shape index (κ1) is 27.4. The average Bonchev–Trinajstić information content (AvgIpc) is 2.93. The summed E-state index contributed by atoms with van der Waals surface area (Å²) in [5.41, 5.74) is 1.92. The van der Waals surface area contributed by atoms with Crippen molar-refractivity contribution in [3.8, 4) is 5.75 Å². The van der Waals surface area contributed by atoms with Crippen molar-refractivity contribution in [2.75, 3.05) is 13.2 Å². The van der Waals surface area contributed by atoms with Crippen LogP contribution in [0, 0.1) is 5.92 Å². The second-order valence-corrected chi connectivity index (χ2v) is 10.7. The lowest BCUT2D eigenvalue weighted by Gasteiger charge is -2.31. The molecule has 4 aromatic carbocycles. The van der Waals surface area contributed by atoms with Crippen molar-refractivity contribution in [1.82, 2.24) is 10.2 Å². The fourth-order valence-electron chi connectivity index (χ4n) is 4.31. The molecule has 0 radical (unpaired) electrons. The minimum atomic E-state index is -0.691. The molecule has 0 unspecified atom stereocenters. The van der Waals surface area contributed by atoms with Gasteiger partial charge in [-0.2, -0.15) is 0 Å². The molecule has 4 aromatic rings. The summed E-state index contributed by atoms with van der Waals surface area (Å²) in [5, 5.41) is 5.03. The highest BCUT2D eigenvalue weighted by molar-refractivity contribution is 9.10. The number of nitrogens with zero attached hydrogens (tertiary/aromatic N) is 1. The highest BCUT2D eigenvalue weighted by Crippen LogP contribution is 2.25. The molecule has 38 heavy (non-hydrogen) atoms. The van der Waals surface area contributed by atoms with E-state index in [0.29, 0.717) is 24.6 Å². The summed E-state index contributed by atoms with van der Waals surface area (Å²) in [6.45, 7) is 4.76. The van der Waals surface area contributed by atoms with E-state index in [9.17, 15) is 9.59 Å². The van der Waals surface area contributed by atoms with E-state index in [-0.39, 0.29) is 25.0 Å². The minimum absolute atomic E-state index is 0.168. The van der Waals surface area contributed by atoms with Crippen molar-refractivity contribution >= 4 is 38.5 Å². The predicted octanol–water partition coefficient (Wildman–Crippen LogP) is 6.39. The van der Waals surface area contributed by atoms with Gasteiger partial charge in [0.2, 0.25) is 5.91 Å². The van der Waals surface area contributed by atoms with Crippen LogP contribution in [0.5, 0.6) is 5.75 Å². The van der Waals surface area contributed by atoms with Gasteiger partial charge in [0.05, 0.1) is 0 Å². The summed E-state index contributed by atoms with van der Waals surface area (Å²) >= 11 is 3.48. The van der Waals surface area contributed by atoms with E-state index in [4.69, 9.17) is 4.74 Å². The van der Waals surface area contributed by atoms with E-state index in [1.165, 1.54) is 0 Å².